The number of phenols is 1. The zero-order valence-electron chi connectivity index (χ0n) is 41.8. The average Bonchev–Trinajstić information content (AvgIpc) is 3.34. The number of guanidine groups is 1. The normalized spacial score (nSPS) is 14.6. The number of nitrogens with zero attached hydrogens (tertiary/aromatic N) is 1. The SMILES string of the molecule is CC[C@H](C)[C@H](NC(=O)[C@H](CCSC)NC(=O)[C@H](CCCN=C(N)N)NC(=O)[C@H](Cc1ccc(O)cc1)NC(=O)[C@H](C)NC(=O)[C@H](CCC(N)=O)NC(=O)CNC(=O)[C@H](CCCCN)NC(=O)[C@@H](N)CO)C(=O)O. The molecule has 0 aliphatic carbocycles. The fourth-order valence-electron chi connectivity index (χ4n) is 6.73. The Kier molecular flexibility index (Phi) is 30.4. The minimum absolute atomic E-state index is 0.0332. The van der Waals surface area contributed by atoms with Crippen LogP contribution in [0.3, 0.4) is 0 Å². The molecule has 0 spiro atoms. The smallest absolute Gasteiger partial charge is 0.326 e. The van der Waals surface area contributed by atoms with E-state index in [-0.39, 0.29) is 56.8 Å². The standard InChI is InChI=1S/C45H76N14O13S/c1-5-24(2)36(44(71)72)59-42(69)32(17-20-73-4)57-41(68)30(10-8-19-51-45(49)50)56-43(70)33(21-26-11-13-27(61)14-12-26)58-37(64)25(3)53-40(67)31(15-16-34(48)62)54-35(63)22-52-39(66)29(9-6-7-18-46)55-38(65)28(47)23-60/h11-14,24-25,28-33,36,60-61H,5-10,15-23,46-47H2,1-4H3,(H2,48,62)(H,52,66)(H,53,67)(H,54,63)(H,55,65)(H,56,70)(H,57,68)(H,58,64)(H,59,69)(H,71,72)(H4,49,50,51)/t24-,25-,28-,29-,30-,31-,32-,33-,36-/m0/s1. The van der Waals surface area contributed by atoms with Crippen LogP contribution in [-0.2, 0) is 54.4 Å². The molecule has 21 N–H and O–H groups in total. The fourth-order valence-corrected chi connectivity index (χ4v) is 7.20. The number of aromatic hydroxyl groups is 1. The Morgan fingerprint density at radius 1 is 0.671 bits per heavy atom. The van der Waals surface area contributed by atoms with Crippen LogP contribution in [0.5, 0.6) is 5.75 Å². The van der Waals surface area contributed by atoms with Crippen molar-refractivity contribution in [3.05, 3.63) is 29.8 Å². The molecular weight excluding hydrogens is 977 g/mol. The van der Waals surface area contributed by atoms with E-state index >= 15 is 0 Å². The van der Waals surface area contributed by atoms with E-state index in [1.54, 1.807) is 20.1 Å². The van der Waals surface area contributed by atoms with Gasteiger partial charge in [0.15, 0.2) is 5.96 Å². The van der Waals surface area contributed by atoms with Crippen molar-refractivity contribution >= 4 is 76.9 Å². The molecule has 0 aromatic heterocycles. The van der Waals surface area contributed by atoms with Gasteiger partial charge in [0.1, 0.15) is 54.1 Å². The third-order valence-corrected chi connectivity index (χ3v) is 11.9. The summed E-state index contributed by atoms with van der Waals surface area (Å²) in [5.41, 5.74) is 27.8. The van der Waals surface area contributed by atoms with Gasteiger partial charge < -0.3 is 86.5 Å². The van der Waals surface area contributed by atoms with Gasteiger partial charge in [-0.1, -0.05) is 32.4 Å². The number of thioether (sulfide) groups is 1. The zero-order chi connectivity index (χ0) is 55.2. The molecular formula is C45H76N14O13S. The van der Waals surface area contributed by atoms with Crippen LogP contribution in [0.25, 0.3) is 0 Å². The number of carbonyl (C=O) groups is 10. The van der Waals surface area contributed by atoms with Gasteiger partial charge in [-0.3, -0.25) is 48.1 Å². The maximum atomic E-state index is 14.2. The Morgan fingerprint density at radius 3 is 1.77 bits per heavy atom. The number of carboxylic acid groups (broad SMARTS) is 1. The number of nitrogens with two attached hydrogens (primary N) is 5. The van der Waals surface area contributed by atoms with Gasteiger partial charge in [-0.15, -0.1) is 0 Å². The Morgan fingerprint density at radius 2 is 1.21 bits per heavy atom. The molecule has 0 saturated carbocycles. The number of carboxylic acids is 1. The van der Waals surface area contributed by atoms with Crippen molar-refractivity contribution in [1.82, 2.24) is 42.5 Å². The second-order valence-electron chi connectivity index (χ2n) is 17.2. The van der Waals surface area contributed by atoms with Gasteiger partial charge in [0.05, 0.1) is 13.2 Å². The topological polar surface area (TPSA) is 470 Å². The number of phenolic OH excluding ortho intramolecular Hbond substituents is 1. The van der Waals surface area contributed by atoms with Crippen LogP contribution in [0.15, 0.2) is 29.3 Å². The number of aliphatic imine (C=N–C) groups is 1. The molecule has 0 unspecified atom stereocenters. The average molecular weight is 1050 g/mol. The van der Waals surface area contributed by atoms with Crippen molar-refractivity contribution < 1.29 is 63.3 Å². The van der Waals surface area contributed by atoms with Crippen LogP contribution in [-0.4, -0.2) is 167 Å². The van der Waals surface area contributed by atoms with Crippen molar-refractivity contribution in [2.75, 3.05) is 38.2 Å². The van der Waals surface area contributed by atoms with Crippen LogP contribution >= 0.6 is 11.8 Å². The second-order valence-corrected chi connectivity index (χ2v) is 18.2. The Bertz CT molecular complexity index is 2030. The van der Waals surface area contributed by atoms with Gasteiger partial charge in [0, 0.05) is 19.4 Å². The molecule has 1 rings (SSSR count). The predicted molar refractivity (Wildman–Crippen MR) is 270 cm³/mol. The summed E-state index contributed by atoms with van der Waals surface area (Å²) in [7, 11) is 0. The van der Waals surface area contributed by atoms with E-state index < -0.39 is 133 Å². The summed E-state index contributed by atoms with van der Waals surface area (Å²) in [5.74, 6) is -9.40. The number of aliphatic hydroxyl groups excluding tert-OH is 1. The third kappa shape index (κ3) is 25.4. The molecule has 0 bridgehead atoms. The first kappa shape index (κ1) is 64.2. The lowest BCUT2D eigenvalue weighted by atomic mass is 9.98. The van der Waals surface area contributed by atoms with Gasteiger partial charge in [-0.2, -0.15) is 11.8 Å². The summed E-state index contributed by atoms with van der Waals surface area (Å²) in [4.78, 5) is 135. The third-order valence-electron chi connectivity index (χ3n) is 11.2. The van der Waals surface area contributed by atoms with Crippen LogP contribution in [0, 0.1) is 5.92 Å². The van der Waals surface area contributed by atoms with Crippen LogP contribution in [0.1, 0.15) is 84.1 Å². The largest absolute Gasteiger partial charge is 0.508 e. The Hall–Kier alpha value is -6.78. The minimum Gasteiger partial charge on any atom is -0.508 e. The summed E-state index contributed by atoms with van der Waals surface area (Å²) in [6, 6.07) is -5.10. The molecule has 27 nitrogen and oxygen atoms in total. The number of aliphatic carboxylic acids is 1. The highest BCUT2D eigenvalue weighted by atomic mass is 32.2. The van der Waals surface area contributed by atoms with E-state index in [4.69, 9.17) is 28.7 Å². The Labute approximate surface area is 428 Å². The first-order valence-electron chi connectivity index (χ1n) is 23.8. The Balaban J connectivity index is 3.41. The summed E-state index contributed by atoms with van der Waals surface area (Å²) in [6.45, 7) is 3.61. The fraction of sp³-hybridized carbons (Fsp3) is 0.622. The zero-order valence-corrected chi connectivity index (χ0v) is 42.6. The number of benzene rings is 1. The van der Waals surface area contributed by atoms with E-state index in [9.17, 15) is 63.3 Å². The summed E-state index contributed by atoms with van der Waals surface area (Å²) in [5, 5.41) is 48.9. The summed E-state index contributed by atoms with van der Waals surface area (Å²) in [6.07, 6.45) is 2.42. The highest BCUT2D eigenvalue weighted by Gasteiger charge is 2.34. The highest BCUT2D eigenvalue weighted by molar-refractivity contribution is 7.98. The monoisotopic (exact) mass is 1050 g/mol. The van der Waals surface area contributed by atoms with E-state index in [2.05, 4.69) is 47.5 Å². The molecule has 28 heteroatoms. The van der Waals surface area contributed by atoms with Crippen LogP contribution in [0.2, 0.25) is 0 Å². The van der Waals surface area contributed by atoms with Crippen molar-refractivity contribution in [2.45, 2.75) is 133 Å². The molecule has 0 aliphatic heterocycles. The van der Waals surface area contributed by atoms with Crippen molar-refractivity contribution in [1.29, 1.82) is 0 Å². The molecule has 410 valence electrons. The summed E-state index contributed by atoms with van der Waals surface area (Å²) >= 11 is 1.37. The molecule has 0 saturated heterocycles. The number of nitrogens with one attached hydrogen (secondary N) is 8. The van der Waals surface area contributed by atoms with Crippen LogP contribution < -0.4 is 71.2 Å². The van der Waals surface area contributed by atoms with Crippen molar-refractivity contribution in [3.63, 3.8) is 0 Å². The lowest BCUT2D eigenvalue weighted by Crippen LogP contribution is -2.60. The first-order valence-corrected chi connectivity index (χ1v) is 25.2. The molecule has 1 aromatic carbocycles. The number of primary amides is 1. The number of unbranched alkanes of at least 4 members (excludes halogenated alkanes) is 1. The molecule has 73 heavy (non-hydrogen) atoms. The van der Waals surface area contributed by atoms with Gasteiger partial charge in [-0.25, -0.2) is 4.79 Å². The molecule has 9 atom stereocenters. The quantitative estimate of drug-likeness (QED) is 0.0170. The van der Waals surface area contributed by atoms with Gasteiger partial charge in [0.25, 0.3) is 0 Å². The molecule has 9 amide bonds. The van der Waals surface area contributed by atoms with Gasteiger partial charge in [0.2, 0.25) is 53.2 Å². The maximum Gasteiger partial charge on any atom is 0.326 e. The maximum absolute atomic E-state index is 14.2. The number of carbonyl (C=O) groups excluding carboxylic acids is 9. The minimum atomic E-state index is -1.49. The predicted octanol–water partition coefficient (Wildman–Crippen LogP) is -4.88. The summed E-state index contributed by atoms with van der Waals surface area (Å²) < 4.78 is 0. The molecule has 1 aromatic rings. The molecule has 0 radical (unpaired) electrons. The number of hydrogen-bond acceptors (Lipinski definition) is 16. The number of amides is 9. The van der Waals surface area contributed by atoms with E-state index in [1.807, 2.05) is 0 Å². The lowest BCUT2D eigenvalue weighted by Gasteiger charge is -2.27. The van der Waals surface area contributed by atoms with Crippen molar-refractivity contribution in [2.24, 2.45) is 39.6 Å². The second kappa shape index (κ2) is 34.6. The van der Waals surface area contributed by atoms with Gasteiger partial charge in [-0.05, 0) is 94.0 Å². The van der Waals surface area contributed by atoms with E-state index in [0.29, 0.717) is 37.1 Å². The molecule has 0 fully saturated rings. The van der Waals surface area contributed by atoms with Gasteiger partial charge >= 0.3 is 5.97 Å². The lowest BCUT2D eigenvalue weighted by molar-refractivity contribution is -0.144. The number of rotatable bonds is 36. The number of aliphatic hydroxyl groups is 1. The van der Waals surface area contributed by atoms with E-state index in [1.165, 1.54) is 43.0 Å². The molecule has 0 heterocycles. The highest BCUT2D eigenvalue weighted by Crippen LogP contribution is 2.14. The molecule has 0 aliphatic rings. The van der Waals surface area contributed by atoms with Crippen LogP contribution in [0.4, 0.5) is 0 Å². The first-order chi connectivity index (χ1) is 34.5. The number of hydrogen-bond donors (Lipinski definition) is 16. The van der Waals surface area contributed by atoms with E-state index in [0.717, 1.165) is 0 Å². The van der Waals surface area contributed by atoms with Crippen molar-refractivity contribution in [3.8, 4) is 5.75 Å².